The zero-order valence-corrected chi connectivity index (χ0v) is 19.3. The number of hydrogen-bond donors (Lipinski definition) is 0. The Labute approximate surface area is 200 Å². The van der Waals surface area contributed by atoms with Gasteiger partial charge in [-0.15, -0.1) is 6.58 Å². The number of benzene rings is 3. The molecule has 4 heteroatoms. The van der Waals surface area contributed by atoms with Gasteiger partial charge >= 0.3 is 0 Å². The number of nitrogens with zero attached hydrogens (tertiary/aromatic N) is 3. The van der Waals surface area contributed by atoms with Gasteiger partial charge in [-0.05, 0) is 37.3 Å². The van der Waals surface area contributed by atoms with Crippen molar-refractivity contribution in [1.82, 2.24) is 9.55 Å². The second-order valence-electron chi connectivity index (χ2n) is 7.84. The molecular formula is C30H27N3O. The van der Waals surface area contributed by atoms with Crippen molar-refractivity contribution in [3.8, 4) is 17.1 Å². The van der Waals surface area contributed by atoms with Crippen LogP contribution in [0.3, 0.4) is 0 Å². The Hall–Kier alpha value is -4.44. The second-order valence-corrected chi connectivity index (χ2v) is 7.84. The second kappa shape index (κ2) is 10.5. The molecule has 4 nitrogen and oxygen atoms in total. The number of aromatic nitrogens is 2. The molecule has 0 aliphatic rings. The number of rotatable bonds is 8. The lowest BCUT2D eigenvalue weighted by atomic mass is 10.1. The van der Waals surface area contributed by atoms with Crippen LogP contribution in [0.4, 0.5) is 11.5 Å². The molecule has 0 radical (unpaired) electrons. The van der Waals surface area contributed by atoms with Gasteiger partial charge in [0.2, 0.25) is 0 Å². The van der Waals surface area contributed by atoms with E-state index in [2.05, 4.69) is 13.2 Å². The minimum Gasteiger partial charge on any atom is -0.322 e. The Bertz CT molecular complexity index is 1370. The molecule has 0 spiro atoms. The first-order valence-electron chi connectivity index (χ1n) is 11.2. The lowest BCUT2D eigenvalue weighted by molar-refractivity contribution is 0.920. The third-order valence-electron chi connectivity index (χ3n) is 5.46. The van der Waals surface area contributed by atoms with E-state index in [1.54, 1.807) is 22.8 Å². The van der Waals surface area contributed by atoms with Gasteiger partial charge in [-0.2, -0.15) is 0 Å². The van der Waals surface area contributed by atoms with Gasteiger partial charge in [0.25, 0.3) is 5.56 Å². The first-order chi connectivity index (χ1) is 16.6. The predicted molar refractivity (Wildman–Crippen MR) is 143 cm³/mol. The van der Waals surface area contributed by atoms with Gasteiger partial charge in [0.15, 0.2) is 0 Å². The normalized spacial score (nSPS) is 10.9. The SMILES string of the molecule is C=C/C=C/c1c(N(CC=C)c2ccc(C)cc2)nc(-c2ccccc2)n(-c2ccccc2)c1=O. The van der Waals surface area contributed by atoms with Crippen LogP contribution in [0.25, 0.3) is 23.2 Å². The zero-order valence-electron chi connectivity index (χ0n) is 19.3. The van der Waals surface area contributed by atoms with Gasteiger partial charge < -0.3 is 4.90 Å². The van der Waals surface area contributed by atoms with E-state index in [1.165, 1.54) is 0 Å². The summed E-state index contributed by atoms with van der Waals surface area (Å²) < 4.78 is 1.67. The van der Waals surface area contributed by atoms with Gasteiger partial charge in [-0.25, -0.2) is 4.98 Å². The Morgan fingerprint density at radius 3 is 2.18 bits per heavy atom. The number of allylic oxidation sites excluding steroid dienone is 2. The predicted octanol–water partition coefficient (Wildman–Crippen LogP) is 6.73. The molecule has 3 aromatic carbocycles. The molecule has 0 unspecified atom stereocenters. The van der Waals surface area contributed by atoms with Crippen molar-refractivity contribution in [3.63, 3.8) is 0 Å². The van der Waals surface area contributed by atoms with Gasteiger partial charge in [0, 0.05) is 17.8 Å². The third-order valence-corrected chi connectivity index (χ3v) is 5.46. The lowest BCUT2D eigenvalue weighted by Gasteiger charge is -2.26. The third kappa shape index (κ3) is 4.66. The van der Waals surface area contributed by atoms with E-state index in [1.807, 2.05) is 103 Å². The molecule has 168 valence electrons. The summed E-state index contributed by atoms with van der Waals surface area (Å²) >= 11 is 0. The molecule has 4 rings (SSSR count). The summed E-state index contributed by atoms with van der Waals surface area (Å²) in [6, 6.07) is 27.5. The molecule has 0 aliphatic carbocycles. The summed E-state index contributed by atoms with van der Waals surface area (Å²) in [5.41, 5.74) is 4.02. The van der Waals surface area contributed by atoms with Crippen molar-refractivity contribution >= 4 is 17.6 Å². The Balaban J connectivity index is 2.08. The first-order valence-corrected chi connectivity index (χ1v) is 11.2. The van der Waals surface area contributed by atoms with Crippen molar-refractivity contribution in [2.75, 3.05) is 11.4 Å². The largest absolute Gasteiger partial charge is 0.322 e. The Morgan fingerprint density at radius 2 is 1.56 bits per heavy atom. The monoisotopic (exact) mass is 445 g/mol. The van der Waals surface area contributed by atoms with Crippen LogP contribution in [0, 0.1) is 6.92 Å². The molecule has 4 aromatic rings. The number of aryl methyl sites for hydroxylation is 1. The molecule has 0 amide bonds. The van der Waals surface area contributed by atoms with Crippen molar-refractivity contribution in [3.05, 3.63) is 138 Å². The standard InChI is InChI=1S/C30H27N3O/c1-4-6-17-27-29(32(22-5-2)25-20-18-23(3)19-21-25)31-28(24-13-9-7-10-14-24)33(30(27)34)26-15-11-8-12-16-26/h4-21H,1-2,22H2,3H3/b17-6+. The fourth-order valence-electron chi connectivity index (χ4n) is 3.80. The lowest BCUT2D eigenvalue weighted by Crippen LogP contribution is -2.29. The van der Waals surface area contributed by atoms with Crippen LogP contribution < -0.4 is 10.5 Å². The van der Waals surface area contributed by atoms with Gasteiger partial charge in [0.05, 0.1) is 11.3 Å². The number of para-hydroxylation sites is 1. The summed E-state index contributed by atoms with van der Waals surface area (Å²) in [7, 11) is 0. The maximum absolute atomic E-state index is 14.1. The number of hydrogen-bond acceptors (Lipinski definition) is 3. The molecule has 0 aliphatic heterocycles. The summed E-state index contributed by atoms with van der Waals surface area (Å²) in [4.78, 5) is 21.2. The van der Waals surface area contributed by atoms with Crippen LogP contribution in [-0.2, 0) is 0 Å². The molecule has 34 heavy (non-hydrogen) atoms. The van der Waals surface area contributed by atoms with E-state index in [-0.39, 0.29) is 5.56 Å². The van der Waals surface area contributed by atoms with Crippen LogP contribution in [0.15, 0.2) is 121 Å². The maximum atomic E-state index is 14.1. The first kappa shape index (κ1) is 22.7. The smallest absolute Gasteiger partial charge is 0.267 e. The highest BCUT2D eigenvalue weighted by molar-refractivity contribution is 5.74. The minimum atomic E-state index is -0.158. The molecular weight excluding hydrogens is 418 g/mol. The molecule has 0 fully saturated rings. The summed E-state index contributed by atoms with van der Waals surface area (Å²) in [5.74, 6) is 1.14. The highest BCUT2D eigenvalue weighted by atomic mass is 16.1. The van der Waals surface area contributed by atoms with Crippen molar-refractivity contribution in [2.45, 2.75) is 6.92 Å². The van der Waals surface area contributed by atoms with E-state index in [0.717, 1.165) is 22.5 Å². The molecule has 0 bridgehead atoms. The fraction of sp³-hybridized carbons (Fsp3) is 0.0667. The van der Waals surface area contributed by atoms with Crippen LogP contribution in [0.2, 0.25) is 0 Å². The fourth-order valence-corrected chi connectivity index (χ4v) is 3.80. The highest BCUT2D eigenvalue weighted by Crippen LogP contribution is 2.30. The Kier molecular flexibility index (Phi) is 6.99. The molecule has 1 aromatic heterocycles. The van der Waals surface area contributed by atoms with Crippen LogP contribution in [0.1, 0.15) is 11.1 Å². The van der Waals surface area contributed by atoms with Crippen molar-refractivity contribution in [1.29, 1.82) is 0 Å². The van der Waals surface area contributed by atoms with E-state index in [9.17, 15) is 4.79 Å². The van der Waals surface area contributed by atoms with E-state index in [4.69, 9.17) is 4.98 Å². The van der Waals surface area contributed by atoms with Crippen molar-refractivity contribution in [2.24, 2.45) is 0 Å². The average molecular weight is 446 g/mol. The molecule has 1 heterocycles. The molecule has 0 N–H and O–H groups in total. The Morgan fingerprint density at radius 1 is 0.912 bits per heavy atom. The van der Waals surface area contributed by atoms with Gasteiger partial charge in [-0.1, -0.05) is 91.0 Å². The van der Waals surface area contributed by atoms with Crippen LogP contribution >= 0.6 is 0 Å². The van der Waals surface area contributed by atoms with Crippen LogP contribution in [0.5, 0.6) is 0 Å². The molecule has 0 saturated heterocycles. The minimum absolute atomic E-state index is 0.158. The van der Waals surface area contributed by atoms with Crippen LogP contribution in [-0.4, -0.2) is 16.1 Å². The highest BCUT2D eigenvalue weighted by Gasteiger charge is 2.22. The molecule has 0 atom stereocenters. The maximum Gasteiger partial charge on any atom is 0.267 e. The van der Waals surface area contributed by atoms with Crippen molar-refractivity contribution < 1.29 is 0 Å². The van der Waals surface area contributed by atoms with E-state index >= 15 is 0 Å². The van der Waals surface area contributed by atoms with E-state index in [0.29, 0.717) is 23.8 Å². The summed E-state index contributed by atoms with van der Waals surface area (Å²) in [6.45, 7) is 10.3. The van der Waals surface area contributed by atoms with Gasteiger partial charge in [0.1, 0.15) is 11.6 Å². The van der Waals surface area contributed by atoms with Gasteiger partial charge in [-0.3, -0.25) is 9.36 Å². The number of anilines is 2. The molecule has 0 saturated carbocycles. The average Bonchev–Trinajstić information content (AvgIpc) is 2.88. The quantitative estimate of drug-likeness (QED) is 0.223. The zero-order chi connectivity index (χ0) is 23.9. The summed E-state index contributed by atoms with van der Waals surface area (Å²) in [5, 5.41) is 0. The topological polar surface area (TPSA) is 38.1 Å². The summed E-state index contributed by atoms with van der Waals surface area (Å²) in [6.07, 6.45) is 7.01. The van der Waals surface area contributed by atoms with E-state index < -0.39 is 0 Å².